The van der Waals surface area contributed by atoms with E-state index in [1.807, 2.05) is 0 Å². The minimum Gasteiger partial charge on any atom is -0.315 e. The van der Waals surface area contributed by atoms with Crippen molar-refractivity contribution in [2.75, 3.05) is 19.6 Å². The zero-order chi connectivity index (χ0) is 13.9. The van der Waals surface area contributed by atoms with Gasteiger partial charge in [0.1, 0.15) is 0 Å². The predicted molar refractivity (Wildman–Crippen MR) is 83.5 cm³/mol. The summed E-state index contributed by atoms with van der Waals surface area (Å²) >= 11 is 0. The molecule has 2 heteroatoms. The van der Waals surface area contributed by atoms with Crippen molar-refractivity contribution in [2.45, 2.75) is 78.3 Å². The van der Waals surface area contributed by atoms with Gasteiger partial charge in [-0.2, -0.15) is 0 Å². The van der Waals surface area contributed by atoms with Crippen molar-refractivity contribution in [1.82, 2.24) is 10.2 Å². The van der Waals surface area contributed by atoms with Gasteiger partial charge in [-0.1, -0.05) is 34.1 Å². The van der Waals surface area contributed by atoms with Gasteiger partial charge in [0.2, 0.25) is 0 Å². The zero-order valence-electron chi connectivity index (χ0n) is 13.5. The summed E-state index contributed by atoms with van der Waals surface area (Å²) in [5.74, 6) is 0.929. The quantitative estimate of drug-likeness (QED) is 0.784. The van der Waals surface area contributed by atoms with Gasteiger partial charge in [0, 0.05) is 18.6 Å². The number of rotatable bonds is 3. The summed E-state index contributed by atoms with van der Waals surface area (Å²) in [6.07, 6.45) is 8.52. The lowest BCUT2D eigenvalue weighted by Crippen LogP contribution is -2.44. The molecule has 2 aliphatic rings. The van der Waals surface area contributed by atoms with Gasteiger partial charge in [-0.3, -0.25) is 4.90 Å². The topological polar surface area (TPSA) is 15.3 Å². The van der Waals surface area contributed by atoms with Gasteiger partial charge in [-0.05, 0) is 56.5 Å². The molecule has 0 aromatic rings. The number of hydrogen-bond donors (Lipinski definition) is 1. The van der Waals surface area contributed by atoms with Gasteiger partial charge in [0.05, 0.1) is 0 Å². The third kappa shape index (κ3) is 3.95. The Bertz CT molecular complexity index is 263. The van der Waals surface area contributed by atoms with Gasteiger partial charge in [-0.15, -0.1) is 0 Å². The summed E-state index contributed by atoms with van der Waals surface area (Å²) in [6.45, 7) is 13.3. The Hall–Kier alpha value is -0.0800. The maximum absolute atomic E-state index is 3.53. The highest BCUT2D eigenvalue weighted by Crippen LogP contribution is 2.38. The fourth-order valence-electron chi connectivity index (χ4n) is 4.22. The first kappa shape index (κ1) is 15.3. The van der Waals surface area contributed by atoms with E-state index in [0.717, 1.165) is 18.0 Å². The molecular formula is C17H34N2. The minimum atomic E-state index is 0.501. The fraction of sp³-hybridized carbons (Fsp3) is 1.00. The summed E-state index contributed by atoms with van der Waals surface area (Å²) in [6, 6.07) is 1.66. The minimum absolute atomic E-state index is 0.501. The van der Waals surface area contributed by atoms with Crippen LogP contribution in [-0.4, -0.2) is 36.6 Å². The zero-order valence-corrected chi connectivity index (χ0v) is 13.5. The Kier molecular flexibility index (Phi) is 5.30. The molecule has 0 aromatic carbocycles. The maximum Gasteiger partial charge on any atom is 0.0235 e. The number of likely N-dealkylation sites (N-methyl/N-ethyl adjacent to an activating group) is 1. The molecule has 1 N–H and O–H groups in total. The molecule has 0 aromatic heterocycles. The molecule has 19 heavy (non-hydrogen) atoms. The summed E-state index contributed by atoms with van der Waals surface area (Å²) in [5.41, 5.74) is 0.501. The lowest BCUT2D eigenvalue weighted by Gasteiger charge is -2.35. The third-order valence-electron chi connectivity index (χ3n) is 5.50. The lowest BCUT2D eigenvalue weighted by molar-refractivity contribution is 0.132. The lowest BCUT2D eigenvalue weighted by atomic mass is 9.76. The molecule has 1 aliphatic heterocycles. The molecule has 1 aliphatic carbocycles. The number of nitrogens with zero attached hydrogens (tertiary/aromatic N) is 1. The van der Waals surface area contributed by atoms with Crippen molar-refractivity contribution in [3.05, 3.63) is 0 Å². The SMILES string of the molecule is CCN(C1CCCC(C(C)(C)C)CC1)C1CCNC1. The van der Waals surface area contributed by atoms with E-state index in [-0.39, 0.29) is 0 Å². The summed E-state index contributed by atoms with van der Waals surface area (Å²) < 4.78 is 0. The van der Waals surface area contributed by atoms with Crippen LogP contribution in [0.15, 0.2) is 0 Å². The monoisotopic (exact) mass is 266 g/mol. The van der Waals surface area contributed by atoms with E-state index in [1.54, 1.807) is 0 Å². The number of nitrogens with one attached hydrogen (secondary N) is 1. The van der Waals surface area contributed by atoms with Gasteiger partial charge < -0.3 is 5.32 Å². The Morgan fingerprint density at radius 1 is 1.00 bits per heavy atom. The van der Waals surface area contributed by atoms with Crippen LogP contribution in [0.4, 0.5) is 0 Å². The van der Waals surface area contributed by atoms with Crippen molar-refractivity contribution < 1.29 is 0 Å². The molecule has 112 valence electrons. The molecule has 1 heterocycles. The average Bonchev–Trinajstić information content (AvgIpc) is 2.73. The molecule has 1 saturated heterocycles. The van der Waals surface area contributed by atoms with Crippen molar-refractivity contribution in [3.63, 3.8) is 0 Å². The van der Waals surface area contributed by atoms with E-state index in [1.165, 1.54) is 58.2 Å². The average molecular weight is 266 g/mol. The van der Waals surface area contributed by atoms with Crippen LogP contribution < -0.4 is 5.32 Å². The molecule has 0 amide bonds. The second-order valence-corrected chi connectivity index (χ2v) is 7.70. The molecular weight excluding hydrogens is 232 g/mol. The highest BCUT2D eigenvalue weighted by atomic mass is 15.2. The molecule has 0 spiro atoms. The van der Waals surface area contributed by atoms with E-state index in [4.69, 9.17) is 0 Å². The van der Waals surface area contributed by atoms with Crippen LogP contribution >= 0.6 is 0 Å². The third-order valence-corrected chi connectivity index (χ3v) is 5.50. The first-order chi connectivity index (χ1) is 9.02. The van der Waals surface area contributed by atoms with Crippen molar-refractivity contribution in [2.24, 2.45) is 11.3 Å². The Balaban J connectivity index is 1.93. The van der Waals surface area contributed by atoms with Crippen LogP contribution in [0, 0.1) is 11.3 Å². The van der Waals surface area contributed by atoms with E-state index in [2.05, 4.69) is 37.9 Å². The van der Waals surface area contributed by atoms with Crippen LogP contribution in [-0.2, 0) is 0 Å². The van der Waals surface area contributed by atoms with Crippen LogP contribution in [0.3, 0.4) is 0 Å². The first-order valence-corrected chi connectivity index (χ1v) is 8.49. The Morgan fingerprint density at radius 2 is 1.79 bits per heavy atom. The van der Waals surface area contributed by atoms with E-state index in [0.29, 0.717) is 5.41 Å². The number of hydrogen-bond acceptors (Lipinski definition) is 2. The Labute approximate surface area is 120 Å². The van der Waals surface area contributed by atoms with Crippen molar-refractivity contribution in [1.29, 1.82) is 0 Å². The molecule has 2 fully saturated rings. The van der Waals surface area contributed by atoms with Gasteiger partial charge in [0.15, 0.2) is 0 Å². The van der Waals surface area contributed by atoms with Crippen LogP contribution in [0.2, 0.25) is 0 Å². The molecule has 2 nitrogen and oxygen atoms in total. The fourth-order valence-corrected chi connectivity index (χ4v) is 4.22. The molecule has 3 atom stereocenters. The van der Waals surface area contributed by atoms with E-state index in [9.17, 15) is 0 Å². The normalized spacial score (nSPS) is 33.6. The molecule has 1 saturated carbocycles. The second kappa shape index (κ2) is 6.58. The molecule has 0 radical (unpaired) electrons. The predicted octanol–water partition coefficient (Wildman–Crippen LogP) is 3.67. The smallest absolute Gasteiger partial charge is 0.0235 e. The van der Waals surface area contributed by atoms with Gasteiger partial charge >= 0.3 is 0 Å². The van der Waals surface area contributed by atoms with Gasteiger partial charge in [0.25, 0.3) is 0 Å². The van der Waals surface area contributed by atoms with Crippen LogP contribution in [0.25, 0.3) is 0 Å². The maximum atomic E-state index is 3.53. The second-order valence-electron chi connectivity index (χ2n) is 7.70. The van der Waals surface area contributed by atoms with E-state index < -0.39 is 0 Å². The molecule has 0 bridgehead atoms. The molecule has 2 rings (SSSR count). The van der Waals surface area contributed by atoms with Gasteiger partial charge in [-0.25, -0.2) is 0 Å². The van der Waals surface area contributed by atoms with Crippen molar-refractivity contribution >= 4 is 0 Å². The highest BCUT2D eigenvalue weighted by Gasteiger charge is 2.32. The first-order valence-electron chi connectivity index (χ1n) is 8.49. The summed E-state index contributed by atoms with van der Waals surface area (Å²) in [7, 11) is 0. The standard InChI is InChI=1S/C17H34N2/c1-5-19(16-11-12-18-13-16)15-8-6-7-14(9-10-15)17(2,3)4/h14-16,18H,5-13H2,1-4H3. The Morgan fingerprint density at radius 3 is 2.37 bits per heavy atom. The highest BCUT2D eigenvalue weighted by molar-refractivity contribution is 4.88. The largest absolute Gasteiger partial charge is 0.315 e. The van der Waals surface area contributed by atoms with E-state index >= 15 is 0 Å². The summed E-state index contributed by atoms with van der Waals surface area (Å²) in [5, 5.41) is 3.53. The summed E-state index contributed by atoms with van der Waals surface area (Å²) in [4.78, 5) is 2.81. The van der Waals surface area contributed by atoms with Crippen LogP contribution in [0.1, 0.15) is 66.2 Å². The van der Waals surface area contributed by atoms with Crippen molar-refractivity contribution in [3.8, 4) is 0 Å². The molecule has 3 unspecified atom stereocenters. The van der Waals surface area contributed by atoms with Crippen LogP contribution in [0.5, 0.6) is 0 Å².